The largest absolute Gasteiger partial charge is 0.0876 e. The van der Waals surface area contributed by atoms with Gasteiger partial charge in [-0.1, -0.05) is 85.1 Å². The van der Waals surface area contributed by atoms with Crippen molar-refractivity contribution in [3.05, 3.63) is 59.2 Å². The van der Waals surface area contributed by atoms with Gasteiger partial charge < -0.3 is 0 Å². The molecule has 1 heteroatoms. The topological polar surface area (TPSA) is 0 Å². The maximum Gasteiger partial charge on any atom is 0.0286 e. The van der Waals surface area contributed by atoms with Gasteiger partial charge in [0.25, 0.3) is 0 Å². The van der Waals surface area contributed by atoms with Crippen LogP contribution in [0, 0.1) is 0 Å². The van der Waals surface area contributed by atoms with Crippen LogP contribution in [0.25, 0.3) is 11.1 Å². The molecule has 0 nitrogen and oxygen atoms in total. The van der Waals surface area contributed by atoms with Crippen LogP contribution in [0.1, 0.15) is 56.2 Å². The van der Waals surface area contributed by atoms with Gasteiger partial charge in [-0.2, -0.15) is 0 Å². The Labute approximate surface area is 136 Å². The van der Waals surface area contributed by atoms with Crippen LogP contribution >= 0.6 is 15.9 Å². The molecule has 0 saturated heterocycles. The molecule has 0 aliphatic heterocycles. The summed E-state index contributed by atoms with van der Waals surface area (Å²) in [7, 11) is 0. The van der Waals surface area contributed by atoms with E-state index in [-0.39, 0.29) is 5.41 Å². The number of fused-ring (bicyclic) bond motifs is 3. The van der Waals surface area contributed by atoms with E-state index in [9.17, 15) is 0 Å². The molecule has 3 rings (SSSR count). The van der Waals surface area contributed by atoms with E-state index in [4.69, 9.17) is 0 Å². The van der Waals surface area contributed by atoms with Crippen LogP contribution in [0.4, 0.5) is 0 Å². The standard InChI is InChI=1S/C20H23Br/c1-3-12-20(13-4-2)18-11-6-5-9-16(18)17-10-7-8-15(14-21)19(17)20/h5-11H,3-4,12-14H2,1-2H3. The molecule has 0 heterocycles. The molecule has 2 aromatic rings. The summed E-state index contributed by atoms with van der Waals surface area (Å²) in [5.41, 5.74) is 7.75. The summed E-state index contributed by atoms with van der Waals surface area (Å²) < 4.78 is 0. The molecule has 0 amide bonds. The fourth-order valence-electron chi connectivity index (χ4n) is 4.27. The fraction of sp³-hybridized carbons (Fsp3) is 0.400. The molecule has 0 atom stereocenters. The van der Waals surface area contributed by atoms with Crippen molar-refractivity contribution in [3.63, 3.8) is 0 Å². The third kappa shape index (κ3) is 2.17. The molecule has 0 N–H and O–H groups in total. The van der Waals surface area contributed by atoms with Crippen molar-refractivity contribution in [2.24, 2.45) is 0 Å². The lowest BCUT2D eigenvalue weighted by Gasteiger charge is -2.33. The van der Waals surface area contributed by atoms with Gasteiger partial charge in [0, 0.05) is 10.7 Å². The van der Waals surface area contributed by atoms with Crippen molar-refractivity contribution >= 4 is 15.9 Å². The molecule has 0 fully saturated rings. The Hall–Kier alpha value is -1.08. The maximum atomic E-state index is 3.71. The number of benzene rings is 2. The van der Waals surface area contributed by atoms with Crippen LogP contribution in [0.5, 0.6) is 0 Å². The van der Waals surface area contributed by atoms with E-state index in [2.05, 4.69) is 72.2 Å². The normalized spacial score (nSPS) is 14.8. The minimum Gasteiger partial charge on any atom is -0.0876 e. The van der Waals surface area contributed by atoms with E-state index in [0.29, 0.717) is 0 Å². The first-order valence-corrected chi connectivity index (χ1v) is 9.18. The predicted octanol–water partition coefficient (Wildman–Crippen LogP) is 6.45. The lowest BCUT2D eigenvalue weighted by molar-refractivity contribution is 0.434. The quantitative estimate of drug-likeness (QED) is 0.547. The second kappa shape index (κ2) is 5.96. The van der Waals surface area contributed by atoms with Gasteiger partial charge in [0.2, 0.25) is 0 Å². The summed E-state index contributed by atoms with van der Waals surface area (Å²) in [6.07, 6.45) is 4.94. The monoisotopic (exact) mass is 342 g/mol. The van der Waals surface area contributed by atoms with Crippen molar-refractivity contribution in [1.29, 1.82) is 0 Å². The van der Waals surface area contributed by atoms with Gasteiger partial charge in [-0.3, -0.25) is 0 Å². The Morgan fingerprint density at radius 2 is 1.52 bits per heavy atom. The van der Waals surface area contributed by atoms with Crippen LogP contribution in [0.2, 0.25) is 0 Å². The second-order valence-electron chi connectivity index (χ2n) is 6.10. The number of rotatable bonds is 5. The lowest BCUT2D eigenvalue weighted by atomic mass is 9.70. The summed E-state index contributed by atoms with van der Waals surface area (Å²) in [5, 5.41) is 0.944. The van der Waals surface area contributed by atoms with Gasteiger partial charge in [-0.15, -0.1) is 0 Å². The molecule has 0 unspecified atom stereocenters. The van der Waals surface area contributed by atoms with Gasteiger partial charge >= 0.3 is 0 Å². The SMILES string of the molecule is CCCC1(CCC)c2ccccc2-c2cccc(CBr)c21. The highest BCUT2D eigenvalue weighted by Crippen LogP contribution is 2.54. The van der Waals surface area contributed by atoms with E-state index < -0.39 is 0 Å². The summed E-state index contributed by atoms with van der Waals surface area (Å²) in [4.78, 5) is 0. The second-order valence-corrected chi connectivity index (χ2v) is 6.66. The van der Waals surface area contributed by atoms with E-state index >= 15 is 0 Å². The first kappa shape index (κ1) is 14.8. The first-order valence-electron chi connectivity index (χ1n) is 8.06. The van der Waals surface area contributed by atoms with Crippen LogP contribution in [-0.2, 0) is 10.7 Å². The van der Waals surface area contributed by atoms with Crippen molar-refractivity contribution in [2.45, 2.75) is 50.3 Å². The van der Waals surface area contributed by atoms with Gasteiger partial charge in [-0.25, -0.2) is 0 Å². The third-order valence-corrected chi connectivity index (χ3v) is 5.46. The zero-order valence-electron chi connectivity index (χ0n) is 13.0. The molecule has 21 heavy (non-hydrogen) atoms. The Kier molecular flexibility index (Phi) is 4.21. The Balaban J connectivity index is 2.34. The molecule has 0 spiro atoms. The van der Waals surface area contributed by atoms with E-state index in [0.717, 1.165) is 5.33 Å². The Morgan fingerprint density at radius 3 is 2.19 bits per heavy atom. The molecule has 1 aliphatic rings. The third-order valence-electron chi connectivity index (χ3n) is 4.86. The average molecular weight is 343 g/mol. The predicted molar refractivity (Wildman–Crippen MR) is 95.1 cm³/mol. The van der Waals surface area contributed by atoms with Crippen LogP contribution < -0.4 is 0 Å². The zero-order valence-corrected chi connectivity index (χ0v) is 14.5. The van der Waals surface area contributed by atoms with Crippen LogP contribution in [-0.4, -0.2) is 0 Å². The number of hydrogen-bond donors (Lipinski definition) is 0. The number of hydrogen-bond acceptors (Lipinski definition) is 0. The van der Waals surface area contributed by atoms with Crippen molar-refractivity contribution in [3.8, 4) is 11.1 Å². The molecular weight excluding hydrogens is 320 g/mol. The van der Waals surface area contributed by atoms with Gasteiger partial charge in [-0.05, 0) is 40.7 Å². The van der Waals surface area contributed by atoms with Crippen molar-refractivity contribution in [1.82, 2.24) is 0 Å². The molecule has 110 valence electrons. The highest BCUT2D eigenvalue weighted by Gasteiger charge is 2.42. The minimum atomic E-state index is 0.222. The molecule has 0 bridgehead atoms. The minimum absolute atomic E-state index is 0.222. The summed E-state index contributed by atoms with van der Waals surface area (Å²) in [6, 6.07) is 15.9. The zero-order chi connectivity index (χ0) is 14.9. The van der Waals surface area contributed by atoms with E-state index in [1.54, 1.807) is 11.1 Å². The molecular formula is C20H23Br. The lowest BCUT2D eigenvalue weighted by Crippen LogP contribution is -2.26. The van der Waals surface area contributed by atoms with Gasteiger partial charge in [0.05, 0.1) is 0 Å². The van der Waals surface area contributed by atoms with Crippen LogP contribution in [0.15, 0.2) is 42.5 Å². The maximum absolute atomic E-state index is 3.71. The highest BCUT2D eigenvalue weighted by molar-refractivity contribution is 9.08. The Bertz CT molecular complexity index is 636. The number of halogens is 1. The Morgan fingerprint density at radius 1 is 0.857 bits per heavy atom. The molecule has 0 radical (unpaired) electrons. The molecule has 1 aliphatic carbocycles. The highest BCUT2D eigenvalue weighted by atomic mass is 79.9. The molecule has 0 saturated carbocycles. The summed E-state index contributed by atoms with van der Waals surface area (Å²) >= 11 is 3.71. The summed E-state index contributed by atoms with van der Waals surface area (Å²) in [6.45, 7) is 4.63. The summed E-state index contributed by atoms with van der Waals surface area (Å²) in [5.74, 6) is 0. The average Bonchev–Trinajstić information content (AvgIpc) is 2.80. The first-order chi connectivity index (χ1) is 10.3. The van der Waals surface area contributed by atoms with Crippen LogP contribution in [0.3, 0.4) is 0 Å². The molecule has 0 aromatic heterocycles. The van der Waals surface area contributed by atoms with Crippen molar-refractivity contribution in [2.75, 3.05) is 0 Å². The molecule has 2 aromatic carbocycles. The van der Waals surface area contributed by atoms with E-state index in [1.807, 2.05) is 0 Å². The van der Waals surface area contributed by atoms with Gasteiger partial charge in [0.1, 0.15) is 0 Å². The number of alkyl halides is 1. The van der Waals surface area contributed by atoms with Crippen molar-refractivity contribution < 1.29 is 0 Å². The fourth-order valence-corrected chi connectivity index (χ4v) is 4.74. The smallest absolute Gasteiger partial charge is 0.0286 e. The van der Waals surface area contributed by atoms with E-state index in [1.165, 1.54) is 42.4 Å². The van der Waals surface area contributed by atoms with Gasteiger partial charge in [0.15, 0.2) is 0 Å².